The normalized spacial score (nSPS) is 25.8. The number of methoxy groups -OCH3 is 2. The largest absolute Gasteiger partial charge is 0.495 e. The van der Waals surface area contributed by atoms with E-state index in [1.165, 1.54) is 174 Å². The maximum absolute atomic E-state index is 6.66. The van der Waals surface area contributed by atoms with Gasteiger partial charge in [-0.2, -0.15) is 0 Å². The number of aromatic nitrogens is 3. The second-order valence-electron chi connectivity index (χ2n) is 52.5. The fourth-order valence-corrected chi connectivity index (χ4v) is 27.4. The summed E-state index contributed by atoms with van der Waals surface area (Å²) in [5, 5.41) is 0.667. The summed E-state index contributed by atoms with van der Waals surface area (Å²) in [7, 11) is 3.35. The van der Waals surface area contributed by atoms with Gasteiger partial charge in [-0.15, -0.1) is 0 Å². The standard InChI is InChI=1S/C18H27ClN2O.C18H28N2.C17H27N3O.C17H27N3.C17H26N2.C16H25N3.C16H24N2O/c1-17(2,3)21-7-5-18(6-8-21)11-12-9-15(22-4)14(19)10-13(12)16(18)20;1-13-5-6-14-12-18(16(19)15(14)11-13)7-9-20(10-8-18)17(2,3)4;1-16(2,3)20-7-5-17(6-8-20)10-14-13(15(17)18)9-12(21-4)11-19-14;1-12-9-13-14(19-11-12)10-17(15(13)18)5-7-20(8-6-17)16(2,3)4;1-16(2,3)19-10-8-17(9-11-19)12-13-6-4-5-7-14(13)15(17)18;1-15(2,3)19-9-6-16(7-10-19)11-13-12(14(16)17)5-4-8-18-13;1-15(2,3)18-10-8-16(9-11-18)14(17)12-6-4-5-7-13(12)19-16/h9-10,16H,5-8,11,20H2,1-4H3;5-6,11,16H,7-10,12,19H2,1-4H3;9,11,15H,5-8,10,18H2,1-4H3;9,11,15H,5-8,10,18H2,1-4H3;4-7,15H,8-12,18H2,1-3H3;4-5,8,14H,6-7,9-11,17H2,1-3H3;4-7,14H,8-11,17H2,1-3H3/t2*16-;3*15-;2*14-/m0111011/s1. The summed E-state index contributed by atoms with van der Waals surface area (Å²) in [6.45, 7) is 68.5. The van der Waals surface area contributed by atoms with Crippen LogP contribution in [-0.2, 0) is 38.5 Å². The molecule has 7 atom stereocenters. The van der Waals surface area contributed by atoms with Gasteiger partial charge in [0.25, 0.3) is 0 Å². The van der Waals surface area contributed by atoms with Crippen molar-refractivity contribution in [2.24, 2.45) is 72.6 Å². The van der Waals surface area contributed by atoms with Crippen molar-refractivity contribution < 1.29 is 14.2 Å². The van der Waals surface area contributed by atoms with Crippen molar-refractivity contribution in [3.8, 4) is 17.2 Å². The first-order valence-electron chi connectivity index (χ1n) is 53.8. The van der Waals surface area contributed by atoms with E-state index in [9.17, 15) is 0 Å². The lowest BCUT2D eigenvalue weighted by atomic mass is 9.72. The number of nitrogens with zero attached hydrogens (tertiary/aromatic N) is 10. The van der Waals surface area contributed by atoms with Crippen molar-refractivity contribution >= 4 is 11.6 Å². The quantitative estimate of drug-likeness (QED) is 0.0847. The number of nitrogens with two attached hydrogens (primary N) is 7. The van der Waals surface area contributed by atoms with E-state index in [0.717, 1.165) is 147 Å². The first kappa shape index (κ1) is 108. The van der Waals surface area contributed by atoms with E-state index >= 15 is 0 Å². The van der Waals surface area contributed by atoms with Crippen LogP contribution in [0.25, 0.3) is 0 Å². The molecule has 14 aliphatic rings. The van der Waals surface area contributed by atoms with Crippen molar-refractivity contribution in [2.75, 3.05) is 106 Å². The summed E-state index contributed by atoms with van der Waals surface area (Å²) in [5.74, 6) is 2.56. The van der Waals surface area contributed by atoms with Crippen LogP contribution in [0.3, 0.4) is 0 Å². The molecule has 7 aromatic rings. The second kappa shape index (κ2) is 40.9. The number of piperidine rings is 7. The minimum Gasteiger partial charge on any atom is -0.495 e. The predicted octanol–water partition coefficient (Wildman–Crippen LogP) is 20.9. The number of benzene rings is 4. The molecule has 0 bridgehead atoms. The van der Waals surface area contributed by atoms with Crippen molar-refractivity contribution in [2.45, 2.75) is 374 Å². The van der Waals surface area contributed by atoms with Crippen LogP contribution in [0.4, 0.5) is 0 Å². The Hall–Kier alpha value is -6.54. The molecule has 6 aliphatic carbocycles. The number of hydrogen-bond acceptors (Lipinski definition) is 20. The van der Waals surface area contributed by atoms with Crippen LogP contribution in [0.1, 0.15) is 361 Å². The van der Waals surface area contributed by atoms with Crippen molar-refractivity contribution in [3.05, 3.63) is 211 Å². The molecule has 7 fully saturated rings. The van der Waals surface area contributed by atoms with Gasteiger partial charge in [-0.05, 0) is 472 Å². The number of para-hydroxylation sites is 1. The van der Waals surface area contributed by atoms with Crippen LogP contribution < -0.4 is 54.3 Å². The van der Waals surface area contributed by atoms with Gasteiger partial charge in [-0.3, -0.25) is 49.3 Å². The third kappa shape index (κ3) is 22.3. The fourth-order valence-electron chi connectivity index (χ4n) is 27.1. The molecule has 0 saturated carbocycles. The molecule has 0 radical (unpaired) electrons. The van der Waals surface area contributed by atoms with Crippen LogP contribution in [0.15, 0.2) is 122 Å². The monoisotopic (exact) mass is 1930 g/mol. The van der Waals surface area contributed by atoms with Gasteiger partial charge in [0.1, 0.15) is 22.8 Å². The van der Waals surface area contributed by atoms with E-state index < -0.39 is 0 Å². The molecule has 14 N–H and O–H groups in total. The summed E-state index contributed by atoms with van der Waals surface area (Å²) in [4.78, 5) is 31.8. The first-order valence-corrected chi connectivity index (χ1v) is 54.2. The number of aryl methyl sites for hydroxylation is 2. The van der Waals surface area contributed by atoms with Crippen molar-refractivity contribution in [3.63, 3.8) is 0 Å². The first-order chi connectivity index (χ1) is 65.5. The van der Waals surface area contributed by atoms with Crippen LogP contribution >= 0.6 is 11.6 Å². The van der Waals surface area contributed by atoms with Crippen molar-refractivity contribution in [1.29, 1.82) is 0 Å². The average molecular weight is 1940 g/mol. The number of hydrogen-bond donors (Lipinski definition) is 7. The Morgan fingerprint density at radius 2 is 0.614 bits per heavy atom. The molecule has 770 valence electrons. The SMILES string of the molecule is CC(C)(C)N1CCC2(CC1)Cc1ccccc1[C@@H]2N.CC(C)(C)N1CCC2(CC1)Cc1ncccc1[C@H]2N.CC(C)(C)N1CCC2(CC1)Oc1ccccc1[C@H]2N.COc1cc2c(cc1Cl)[C@H](N)C1(CCN(C(C)(C)C)CC1)C2.COc1cnc2c(c1)[C@@H](N)C1(CCN(C(C)(C)C)CC1)C2.Cc1ccc2c(c1)[C@@H](N)C1(CCN(C(C)(C)C)CC1)C2.Cc1cnc2c(c1)[C@@H](N)C1(CCN(C(C)(C)C)CC1)C2. The molecule has 7 saturated heterocycles. The molecule has 7 spiro atoms. The summed E-state index contributed by atoms with van der Waals surface area (Å²) < 4.78 is 16.9. The molecular formula is C119H184ClN17O3. The zero-order chi connectivity index (χ0) is 101. The third-order valence-electron chi connectivity index (χ3n) is 37.1. The highest BCUT2D eigenvalue weighted by molar-refractivity contribution is 6.32. The molecule has 8 aliphatic heterocycles. The van der Waals surface area contributed by atoms with Gasteiger partial charge in [-0.25, -0.2) is 0 Å². The molecule has 0 unspecified atom stereocenters. The molecular weight excluding hydrogens is 1750 g/mol. The summed E-state index contributed by atoms with van der Waals surface area (Å²) in [6.07, 6.45) is 28.6. The minimum absolute atomic E-state index is 0.0193. The van der Waals surface area contributed by atoms with Gasteiger partial charge in [0.15, 0.2) is 0 Å². The molecule has 21 heteroatoms. The molecule has 3 aromatic heterocycles. The molecule has 11 heterocycles. The zero-order valence-corrected chi connectivity index (χ0v) is 92.0. The third-order valence-corrected chi connectivity index (χ3v) is 37.4. The Morgan fingerprint density at radius 3 is 1.00 bits per heavy atom. The molecule has 140 heavy (non-hydrogen) atoms. The number of halogens is 1. The molecule has 21 rings (SSSR count). The Balaban J connectivity index is 0.000000124. The number of rotatable bonds is 2. The number of ether oxygens (including phenoxy) is 3. The highest BCUT2D eigenvalue weighted by Crippen LogP contribution is 2.59. The molecule has 0 amide bonds. The Morgan fingerprint density at radius 1 is 0.300 bits per heavy atom. The van der Waals surface area contributed by atoms with Gasteiger partial charge in [0.2, 0.25) is 0 Å². The Kier molecular flexibility index (Phi) is 31.5. The highest BCUT2D eigenvalue weighted by atomic mass is 35.5. The maximum Gasteiger partial charge on any atom is 0.137 e. The van der Waals surface area contributed by atoms with Crippen LogP contribution in [-0.4, -0.2) is 199 Å². The van der Waals surface area contributed by atoms with Crippen LogP contribution in [0.2, 0.25) is 5.02 Å². The van der Waals surface area contributed by atoms with E-state index in [4.69, 9.17) is 65.9 Å². The van der Waals surface area contributed by atoms with Gasteiger partial charge in [0, 0.05) is 136 Å². The van der Waals surface area contributed by atoms with E-state index in [2.05, 4.69) is 281 Å². The predicted molar refractivity (Wildman–Crippen MR) is 579 cm³/mol. The lowest BCUT2D eigenvalue weighted by Gasteiger charge is -2.47. The van der Waals surface area contributed by atoms with Crippen molar-refractivity contribution in [1.82, 2.24) is 49.3 Å². The lowest BCUT2D eigenvalue weighted by Crippen LogP contribution is -2.55. The van der Waals surface area contributed by atoms with Crippen LogP contribution in [0.5, 0.6) is 17.2 Å². The summed E-state index contributed by atoms with van der Waals surface area (Å²) in [6, 6.07) is 37.5. The molecule has 20 nitrogen and oxygen atoms in total. The summed E-state index contributed by atoms with van der Waals surface area (Å²) >= 11 is 6.29. The van der Waals surface area contributed by atoms with E-state index in [-0.39, 0.29) is 108 Å². The zero-order valence-electron chi connectivity index (χ0n) is 91.2. The number of likely N-dealkylation sites (tertiary alicyclic amines) is 7. The topological polar surface area (TPSA) is 271 Å². The van der Waals surface area contributed by atoms with Gasteiger partial charge in [-0.1, -0.05) is 90.0 Å². The minimum atomic E-state index is -0.175. The Bertz CT molecular complexity index is 5060. The van der Waals surface area contributed by atoms with Gasteiger partial charge in [0.05, 0.1) is 31.5 Å². The lowest BCUT2D eigenvalue weighted by molar-refractivity contribution is -0.0237. The van der Waals surface area contributed by atoms with Crippen LogP contribution in [0, 0.1) is 46.3 Å². The average Bonchev–Trinajstić information content (AvgIpc) is 1.63. The Labute approximate surface area is 850 Å². The fraction of sp³-hybridized carbons (Fsp3) is 0.672. The van der Waals surface area contributed by atoms with Gasteiger partial charge >= 0.3 is 0 Å². The second-order valence-corrected chi connectivity index (χ2v) is 52.9. The number of fused-ring (bicyclic) bond motifs is 7. The van der Waals surface area contributed by atoms with Gasteiger partial charge < -0.3 is 54.3 Å². The highest BCUT2D eigenvalue weighted by Gasteiger charge is 2.56. The maximum atomic E-state index is 6.66. The molecule has 4 aromatic carbocycles. The van der Waals surface area contributed by atoms with E-state index in [0.29, 0.717) is 15.9 Å². The van der Waals surface area contributed by atoms with E-state index in [1.807, 2.05) is 48.9 Å². The smallest absolute Gasteiger partial charge is 0.137 e. The summed E-state index contributed by atoms with van der Waals surface area (Å²) in [5.41, 5.74) is 68.9. The van der Waals surface area contributed by atoms with E-state index in [1.54, 1.807) is 14.2 Å². The number of pyridine rings is 3.